The highest BCUT2D eigenvalue weighted by molar-refractivity contribution is 6.01. The lowest BCUT2D eigenvalue weighted by molar-refractivity contribution is -0.126. The zero-order chi connectivity index (χ0) is 23.1. The van der Waals surface area contributed by atoms with Gasteiger partial charge in [0.05, 0.1) is 16.5 Å². The van der Waals surface area contributed by atoms with Crippen LogP contribution in [0.4, 0.5) is 5.69 Å². The van der Waals surface area contributed by atoms with Crippen molar-refractivity contribution in [3.63, 3.8) is 0 Å². The molecule has 3 heterocycles. The molecule has 0 spiro atoms. The first-order valence-corrected chi connectivity index (χ1v) is 11.6. The Morgan fingerprint density at radius 2 is 1.94 bits per heavy atom. The number of hydrogen-bond donors (Lipinski definition) is 0. The Bertz CT molecular complexity index is 1310. The van der Waals surface area contributed by atoms with Gasteiger partial charge in [0.15, 0.2) is 6.10 Å². The summed E-state index contributed by atoms with van der Waals surface area (Å²) in [7, 11) is 0. The van der Waals surface area contributed by atoms with Gasteiger partial charge in [-0.25, -0.2) is 9.78 Å². The van der Waals surface area contributed by atoms with Crippen LogP contribution in [0.15, 0.2) is 47.3 Å². The quantitative estimate of drug-likeness (QED) is 0.575. The van der Waals surface area contributed by atoms with Crippen LogP contribution in [0.2, 0.25) is 0 Å². The van der Waals surface area contributed by atoms with Gasteiger partial charge in [-0.2, -0.15) is 0 Å². The first-order chi connectivity index (χ1) is 15.9. The molecule has 5 rings (SSSR count). The molecular weight excluding hydrogens is 418 g/mol. The second-order valence-electron chi connectivity index (χ2n) is 8.97. The monoisotopic (exact) mass is 445 g/mol. The fourth-order valence-corrected chi connectivity index (χ4v) is 4.92. The zero-order valence-corrected chi connectivity index (χ0v) is 18.9. The molecule has 170 valence electrons. The SMILES string of the molecule is C[C@@H](OC(=O)c1ccc2c(=O)n3c(nc2c1)CCCCC3)C(=O)N1c2ccccc2C[C@@H]1C. The number of hydrogen-bond acceptors (Lipinski definition) is 5. The number of benzene rings is 2. The molecule has 7 heteroatoms. The highest BCUT2D eigenvalue weighted by Crippen LogP contribution is 2.32. The van der Waals surface area contributed by atoms with Crippen molar-refractivity contribution in [1.29, 1.82) is 0 Å². The van der Waals surface area contributed by atoms with E-state index in [4.69, 9.17) is 4.74 Å². The molecule has 1 aromatic heterocycles. The Morgan fingerprint density at radius 3 is 2.79 bits per heavy atom. The minimum Gasteiger partial charge on any atom is -0.449 e. The molecule has 0 saturated heterocycles. The molecular formula is C26H27N3O4. The van der Waals surface area contributed by atoms with Crippen molar-refractivity contribution < 1.29 is 14.3 Å². The van der Waals surface area contributed by atoms with Gasteiger partial charge in [-0.15, -0.1) is 0 Å². The maximum Gasteiger partial charge on any atom is 0.338 e. The maximum absolute atomic E-state index is 13.1. The number of carbonyl (C=O) groups is 2. The molecule has 0 saturated carbocycles. The van der Waals surface area contributed by atoms with E-state index in [1.807, 2.05) is 31.2 Å². The number of esters is 1. The summed E-state index contributed by atoms with van der Waals surface area (Å²) in [6.07, 6.45) is 3.63. The third kappa shape index (κ3) is 3.81. The van der Waals surface area contributed by atoms with Crippen LogP contribution in [0.1, 0.15) is 54.9 Å². The van der Waals surface area contributed by atoms with Gasteiger partial charge in [0, 0.05) is 24.7 Å². The topological polar surface area (TPSA) is 81.5 Å². The van der Waals surface area contributed by atoms with Gasteiger partial charge < -0.3 is 9.64 Å². The molecule has 2 aliphatic heterocycles. The molecule has 0 radical (unpaired) electrons. The van der Waals surface area contributed by atoms with Crippen LogP contribution >= 0.6 is 0 Å². The molecule has 33 heavy (non-hydrogen) atoms. The maximum atomic E-state index is 13.1. The van der Waals surface area contributed by atoms with Gasteiger partial charge in [0.1, 0.15) is 5.82 Å². The summed E-state index contributed by atoms with van der Waals surface area (Å²) in [6, 6.07) is 12.6. The zero-order valence-electron chi connectivity index (χ0n) is 18.9. The average molecular weight is 446 g/mol. The summed E-state index contributed by atoms with van der Waals surface area (Å²) in [5.74, 6) is -0.0845. The van der Waals surface area contributed by atoms with Crippen LogP contribution < -0.4 is 10.5 Å². The van der Waals surface area contributed by atoms with E-state index in [2.05, 4.69) is 4.98 Å². The van der Waals surface area contributed by atoms with E-state index in [-0.39, 0.29) is 23.1 Å². The Labute approximate surface area is 192 Å². The molecule has 3 aromatic rings. The lowest BCUT2D eigenvalue weighted by Gasteiger charge is -2.26. The van der Waals surface area contributed by atoms with Crippen molar-refractivity contribution in [2.45, 2.75) is 64.6 Å². The van der Waals surface area contributed by atoms with Crippen LogP contribution in [-0.2, 0) is 28.9 Å². The van der Waals surface area contributed by atoms with E-state index in [0.29, 0.717) is 17.4 Å². The summed E-state index contributed by atoms with van der Waals surface area (Å²) >= 11 is 0. The molecule has 0 N–H and O–H groups in total. The van der Waals surface area contributed by atoms with E-state index < -0.39 is 12.1 Å². The van der Waals surface area contributed by atoms with Crippen LogP contribution in [0.25, 0.3) is 10.9 Å². The molecule has 2 aromatic carbocycles. The molecule has 2 aliphatic rings. The van der Waals surface area contributed by atoms with Crippen molar-refractivity contribution in [2.75, 3.05) is 4.90 Å². The van der Waals surface area contributed by atoms with Crippen molar-refractivity contribution >= 4 is 28.5 Å². The van der Waals surface area contributed by atoms with E-state index >= 15 is 0 Å². The average Bonchev–Trinajstić information content (AvgIpc) is 2.97. The summed E-state index contributed by atoms with van der Waals surface area (Å²) in [5, 5.41) is 0.490. The minimum absolute atomic E-state index is 0.00385. The molecule has 0 unspecified atom stereocenters. The van der Waals surface area contributed by atoms with E-state index in [1.54, 1.807) is 34.6 Å². The third-order valence-electron chi connectivity index (χ3n) is 6.63. The minimum atomic E-state index is -0.938. The smallest absolute Gasteiger partial charge is 0.338 e. The van der Waals surface area contributed by atoms with Crippen LogP contribution in [0.3, 0.4) is 0 Å². The van der Waals surface area contributed by atoms with Crippen LogP contribution in [0, 0.1) is 0 Å². The van der Waals surface area contributed by atoms with Crippen molar-refractivity contribution in [3.8, 4) is 0 Å². The summed E-state index contributed by atoms with van der Waals surface area (Å²) in [4.78, 5) is 45.3. The summed E-state index contributed by atoms with van der Waals surface area (Å²) in [6.45, 7) is 4.26. The molecule has 0 aliphatic carbocycles. The second-order valence-corrected chi connectivity index (χ2v) is 8.97. The number of ether oxygens (including phenoxy) is 1. The number of amides is 1. The third-order valence-corrected chi connectivity index (χ3v) is 6.63. The van der Waals surface area contributed by atoms with Crippen molar-refractivity contribution in [3.05, 3.63) is 69.8 Å². The van der Waals surface area contributed by atoms with E-state index in [0.717, 1.165) is 49.2 Å². The fraction of sp³-hybridized carbons (Fsp3) is 0.385. The standard InChI is InChI=1S/C26H27N3O4/c1-16-14-18-8-5-6-9-22(18)29(16)24(30)17(2)33-26(32)19-11-12-20-21(15-19)27-23-10-4-3-7-13-28(23)25(20)31/h5-6,8-9,11-12,15-17H,3-4,7,10,13-14H2,1-2H3/t16-,17+/m0/s1. The fourth-order valence-electron chi connectivity index (χ4n) is 4.92. The number of aryl methyl sites for hydroxylation is 1. The number of aromatic nitrogens is 2. The van der Waals surface area contributed by atoms with Crippen LogP contribution in [0.5, 0.6) is 0 Å². The Morgan fingerprint density at radius 1 is 1.12 bits per heavy atom. The predicted octanol–water partition coefficient (Wildman–Crippen LogP) is 3.65. The van der Waals surface area contributed by atoms with Gasteiger partial charge in [-0.05, 0) is 62.9 Å². The second kappa shape index (κ2) is 8.46. The highest BCUT2D eigenvalue weighted by Gasteiger charge is 2.34. The molecule has 1 amide bonds. The number of para-hydroxylation sites is 1. The van der Waals surface area contributed by atoms with Crippen LogP contribution in [-0.4, -0.2) is 33.6 Å². The molecule has 0 fully saturated rings. The van der Waals surface area contributed by atoms with Gasteiger partial charge in [0.25, 0.3) is 11.5 Å². The molecule has 0 bridgehead atoms. The first kappa shape index (κ1) is 21.4. The number of carbonyl (C=O) groups excluding carboxylic acids is 2. The summed E-state index contributed by atoms with van der Waals surface area (Å²) < 4.78 is 7.30. The van der Waals surface area contributed by atoms with Crippen molar-refractivity contribution in [1.82, 2.24) is 9.55 Å². The number of fused-ring (bicyclic) bond motifs is 3. The number of rotatable bonds is 3. The number of anilines is 1. The Balaban J connectivity index is 1.38. The van der Waals surface area contributed by atoms with E-state index in [9.17, 15) is 14.4 Å². The number of nitrogens with zero attached hydrogens (tertiary/aromatic N) is 3. The van der Waals surface area contributed by atoms with E-state index in [1.165, 1.54) is 0 Å². The molecule has 2 atom stereocenters. The van der Waals surface area contributed by atoms with Gasteiger partial charge in [0.2, 0.25) is 0 Å². The highest BCUT2D eigenvalue weighted by atomic mass is 16.5. The normalized spacial score (nSPS) is 18.4. The van der Waals surface area contributed by atoms with Gasteiger partial charge in [-0.3, -0.25) is 14.2 Å². The van der Waals surface area contributed by atoms with Crippen molar-refractivity contribution in [2.24, 2.45) is 0 Å². The summed E-state index contributed by atoms with van der Waals surface area (Å²) in [5.41, 5.74) is 2.69. The lowest BCUT2D eigenvalue weighted by Crippen LogP contribution is -2.43. The van der Waals surface area contributed by atoms with Gasteiger partial charge in [-0.1, -0.05) is 24.6 Å². The molecule has 7 nitrogen and oxygen atoms in total. The Hall–Kier alpha value is -3.48. The Kier molecular flexibility index (Phi) is 5.48. The largest absolute Gasteiger partial charge is 0.449 e. The van der Waals surface area contributed by atoms with Gasteiger partial charge >= 0.3 is 5.97 Å². The first-order valence-electron chi connectivity index (χ1n) is 11.6. The predicted molar refractivity (Wildman–Crippen MR) is 126 cm³/mol. The lowest BCUT2D eigenvalue weighted by atomic mass is 10.1.